The minimum atomic E-state index is -0.195. The van der Waals surface area contributed by atoms with Crippen LogP contribution in [-0.2, 0) is 0 Å². The molecule has 3 aromatic carbocycles. The second kappa shape index (κ2) is 9.88. The number of rotatable bonds is 7. The van der Waals surface area contributed by atoms with E-state index in [0.29, 0.717) is 5.92 Å². The predicted molar refractivity (Wildman–Crippen MR) is 131 cm³/mol. The van der Waals surface area contributed by atoms with Gasteiger partial charge in [0.15, 0.2) is 0 Å². The summed E-state index contributed by atoms with van der Waals surface area (Å²) < 4.78 is 29.1. The molecule has 1 unspecified atom stereocenters. The summed E-state index contributed by atoms with van der Waals surface area (Å²) in [5.41, 5.74) is 3.62. The second-order valence-electron chi connectivity index (χ2n) is 9.16. The molecule has 2 heterocycles. The highest BCUT2D eigenvalue weighted by molar-refractivity contribution is 5.80. The van der Waals surface area contributed by atoms with Crippen molar-refractivity contribution in [3.63, 3.8) is 0 Å². The summed E-state index contributed by atoms with van der Waals surface area (Å²) in [6.45, 7) is 3.22. The highest BCUT2D eigenvalue weighted by Crippen LogP contribution is 2.31. The molecule has 2 nitrogen and oxygen atoms in total. The smallest absolute Gasteiger partial charge is 0.123 e. The number of hydrogen-bond acceptors (Lipinski definition) is 1. The number of aromatic nitrogens is 1. The van der Waals surface area contributed by atoms with Gasteiger partial charge in [-0.25, -0.2) is 8.78 Å². The molecule has 1 aliphatic rings. The van der Waals surface area contributed by atoms with Crippen LogP contribution < -0.4 is 0 Å². The third-order valence-electron chi connectivity index (χ3n) is 7.10. The molecule has 1 aliphatic heterocycles. The van der Waals surface area contributed by atoms with Crippen LogP contribution in [0.4, 0.5) is 8.78 Å². The van der Waals surface area contributed by atoms with Crippen LogP contribution in [0.1, 0.15) is 48.8 Å². The minimum absolute atomic E-state index is 0.164. The van der Waals surface area contributed by atoms with Gasteiger partial charge < -0.3 is 9.47 Å². The lowest BCUT2D eigenvalue weighted by atomic mass is 9.89. The molecule has 170 valence electrons. The van der Waals surface area contributed by atoms with E-state index in [1.165, 1.54) is 16.5 Å². The Labute approximate surface area is 194 Å². The van der Waals surface area contributed by atoms with Crippen LogP contribution in [0.2, 0.25) is 0 Å². The first-order chi connectivity index (χ1) is 16.2. The van der Waals surface area contributed by atoms with Gasteiger partial charge in [-0.3, -0.25) is 0 Å². The van der Waals surface area contributed by atoms with E-state index in [0.717, 1.165) is 50.9 Å². The fraction of sp³-hybridized carbons (Fsp3) is 0.310. The molecule has 0 N–H and O–H groups in total. The summed E-state index contributed by atoms with van der Waals surface area (Å²) in [6.07, 6.45) is 6.48. The van der Waals surface area contributed by atoms with Gasteiger partial charge in [0, 0.05) is 11.7 Å². The van der Waals surface area contributed by atoms with Gasteiger partial charge in [0.05, 0.1) is 6.04 Å². The second-order valence-corrected chi connectivity index (χ2v) is 9.16. The van der Waals surface area contributed by atoms with Crippen LogP contribution in [-0.4, -0.2) is 29.1 Å². The molecule has 1 saturated heterocycles. The summed E-state index contributed by atoms with van der Waals surface area (Å²) in [6, 6.07) is 24.8. The monoisotopic (exact) mass is 444 g/mol. The lowest BCUT2D eigenvalue weighted by molar-refractivity contribution is 0.206. The molecule has 1 atom stereocenters. The number of benzene rings is 3. The highest BCUT2D eigenvalue weighted by Gasteiger charge is 2.21. The Morgan fingerprint density at radius 1 is 0.788 bits per heavy atom. The van der Waals surface area contributed by atoms with Gasteiger partial charge in [0.2, 0.25) is 0 Å². The van der Waals surface area contributed by atoms with Crippen LogP contribution >= 0.6 is 0 Å². The Balaban J connectivity index is 1.23. The van der Waals surface area contributed by atoms with Crippen LogP contribution in [0.3, 0.4) is 0 Å². The van der Waals surface area contributed by atoms with Gasteiger partial charge in [-0.1, -0.05) is 42.5 Å². The topological polar surface area (TPSA) is 8.17 Å². The van der Waals surface area contributed by atoms with Gasteiger partial charge in [-0.15, -0.1) is 0 Å². The van der Waals surface area contributed by atoms with Crippen molar-refractivity contribution < 1.29 is 8.78 Å². The molecule has 1 aromatic heterocycles. The summed E-state index contributed by atoms with van der Waals surface area (Å²) in [4.78, 5) is 2.55. The lowest BCUT2D eigenvalue weighted by Crippen LogP contribution is -2.34. The van der Waals surface area contributed by atoms with Gasteiger partial charge in [-0.2, -0.15) is 0 Å². The van der Waals surface area contributed by atoms with Crippen LogP contribution in [0.5, 0.6) is 0 Å². The quantitative estimate of drug-likeness (QED) is 0.293. The van der Waals surface area contributed by atoms with E-state index in [1.54, 1.807) is 24.3 Å². The van der Waals surface area contributed by atoms with Gasteiger partial charge >= 0.3 is 0 Å². The molecule has 0 amide bonds. The average molecular weight is 445 g/mol. The van der Waals surface area contributed by atoms with E-state index in [4.69, 9.17) is 0 Å². The Morgan fingerprint density at radius 2 is 1.45 bits per heavy atom. The first kappa shape index (κ1) is 21.8. The average Bonchev–Trinajstić information content (AvgIpc) is 3.28. The molecule has 0 bridgehead atoms. The first-order valence-electron chi connectivity index (χ1n) is 12.0. The SMILES string of the molecule is Fc1ccc(C2CCN(CCCC(c3ccc(F)cc3)n3ccc4ccccc43)CC2)cc1. The van der Waals surface area contributed by atoms with Crippen molar-refractivity contribution in [2.45, 2.75) is 37.6 Å². The third-order valence-corrected chi connectivity index (χ3v) is 7.10. The number of hydrogen-bond donors (Lipinski definition) is 0. The predicted octanol–water partition coefficient (Wildman–Crippen LogP) is 7.17. The molecule has 4 heteroatoms. The van der Waals surface area contributed by atoms with Crippen LogP contribution in [0.25, 0.3) is 10.9 Å². The molecule has 0 spiro atoms. The molecule has 0 radical (unpaired) electrons. The maximum Gasteiger partial charge on any atom is 0.123 e. The van der Waals surface area contributed by atoms with E-state index in [-0.39, 0.29) is 17.7 Å². The van der Waals surface area contributed by atoms with Crippen molar-refractivity contribution >= 4 is 10.9 Å². The summed E-state index contributed by atoms with van der Waals surface area (Å²) in [7, 11) is 0. The molecule has 0 aliphatic carbocycles. The standard InChI is InChI=1S/C29H30F2N2/c30-26-11-7-22(8-12-26)23-15-19-32(20-16-23)18-3-6-29(25-9-13-27(31)14-10-25)33-21-17-24-4-1-2-5-28(24)33/h1-2,4-5,7-14,17,21,23,29H,3,6,15-16,18-20H2. The maximum absolute atomic E-state index is 13.6. The first-order valence-corrected chi connectivity index (χ1v) is 12.0. The van der Waals surface area contributed by atoms with E-state index < -0.39 is 0 Å². The van der Waals surface area contributed by atoms with Crippen molar-refractivity contribution in [3.05, 3.63) is 108 Å². The molecule has 33 heavy (non-hydrogen) atoms. The maximum atomic E-state index is 13.6. The van der Waals surface area contributed by atoms with E-state index in [2.05, 4.69) is 46.0 Å². The van der Waals surface area contributed by atoms with Crippen molar-refractivity contribution in [2.24, 2.45) is 0 Å². The molecule has 1 fully saturated rings. The number of nitrogens with zero attached hydrogens (tertiary/aromatic N) is 2. The van der Waals surface area contributed by atoms with Crippen molar-refractivity contribution in [3.8, 4) is 0 Å². The summed E-state index contributed by atoms with van der Waals surface area (Å²) in [5.74, 6) is 0.168. The summed E-state index contributed by atoms with van der Waals surface area (Å²) in [5, 5.41) is 1.23. The number of fused-ring (bicyclic) bond motifs is 1. The number of piperidine rings is 1. The molecular formula is C29H30F2N2. The van der Waals surface area contributed by atoms with E-state index >= 15 is 0 Å². The van der Waals surface area contributed by atoms with Gasteiger partial charge in [0.1, 0.15) is 11.6 Å². The van der Waals surface area contributed by atoms with Crippen molar-refractivity contribution in [2.75, 3.05) is 19.6 Å². The molecule has 4 aromatic rings. The Hall–Kier alpha value is -2.98. The number of halogens is 2. The zero-order chi connectivity index (χ0) is 22.6. The molecule has 0 saturated carbocycles. The number of para-hydroxylation sites is 1. The van der Waals surface area contributed by atoms with Crippen molar-refractivity contribution in [1.29, 1.82) is 0 Å². The van der Waals surface area contributed by atoms with E-state index in [1.807, 2.05) is 24.3 Å². The van der Waals surface area contributed by atoms with Gasteiger partial charge in [-0.05, 0) is 104 Å². The fourth-order valence-electron chi connectivity index (χ4n) is 5.26. The van der Waals surface area contributed by atoms with E-state index in [9.17, 15) is 8.78 Å². The summed E-state index contributed by atoms with van der Waals surface area (Å²) >= 11 is 0. The normalized spacial score (nSPS) is 16.3. The lowest BCUT2D eigenvalue weighted by Gasteiger charge is -2.32. The van der Waals surface area contributed by atoms with Gasteiger partial charge in [0.25, 0.3) is 0 Å². The zero-order valence-electron chi connectivity index (χ0n) is 18.8. The fourth-order valence-corrected chi connectivity index (χ4v) is 5.26. The Kier molecular flexibility index (Phi) is 6.54. The number of likely N-dealkylation sites (tertiary alicyclic amines) is 1. The zero-order valence-corrected chi connectivity index (χ0v) is 18.8. The van der Waals surface area contributed by atoms with Crippen molar-refractivity contribution in [1.82, 2.24) is 9.47 Å². The largest absolute Gasteiger partial charge is 0.340 e. The Morgan fingerprint density at radius 3 is 2.18 bits per heavy atom. The molecule has 5 rings (SSSR count). The minimum Gasteiger partial charge on any atom is -0.340 e. The third kappa shape index (κ3) is 5.01. The highest BCUT2D eigenvalue weighted by atomic mass is 19.1. The van der Waals surface area contributed by atoms with Crippen LogP contribution in [0.15, 0.2) is 85.1 Å². The van der Waals surface area contributed by atoms with Crippen LogP contribution in [0, 0.1) is 11.6 Å². The molecular weight excluding hydrogens is 414 g/mol. The Bertz CT molecular complexity index is 1170.